The average Bonchev–Trinajstić information content (AvgIpc) is 2.42. The molecule has 0 bridgehead atoms. The van der Waals surface area contributed by atoms with Gasteiger partial charge in [0.05, 0.1) is 6.61 Å². The largest absolute Gasteiger partial charge is 0.476 e. The van der Waals surface area contributed by atoms with Gasteiger partial charge in [0.1, 0.15) is 18.9 Å². The summed E-state index contributed by atoms with van der Waals surface area (Å²) in [6.07, 6.45) is 8.01. The van der Waals surface area contributed by atoms with Crippen molar-refractivity contribution in [3.05, 3.63) is 11.6 Å². The number of likely N-dealkylation sites (N-methyl/N-ethyl adjacent to an activating group) is 1. The van der Waals surface area contributed by atoms with Crippen molar-refractivity contribution in [3.63, 3.8) is 0 Å². The summed E-state index contributed by atoms with van der Waals surface area (Å²) in [6.45, 7) is 4.88. The molecule has 2 N–H and O–H groups in total. The minimum Gasteiger partial charge on any atom is -0.476 e. The van der Waals surface area contributed by atoms with Crippen LogP contribution in [0, 0.1) is 0 Å². The third-order valence-corrected chi connectivity index (χ3v) is 3.61. The number of ether oxygens (including phenoxy) is 1. The van der Waals surface area contributed by atoms with Crippen LogP contribution in [0.2, 0.25) is 0 Å². The molecule has 0 aromatic carbocycles. The first-order valence-corrected chi connectivity index (χ1v) is 7.64. The normalized spacial score (nSPS) is 19.2. The first-order chi connectivity index (χ1) is 9.19. The first-order valence-electron chi connectivity index (χ1n) is 7.19. The Morgan fingerprint density at radius 1 is 1.53 bits per heavy atom. The lowest BCUT2D eigenvalue weighted by Gasteiger charge is -2.26. The smallest absolute Gasteiger partial charge is 0.258 e. The molecule has 110 valence electrons. The second-order valence-corrected chi connectivity index (χ2v) is 5.37. The molecule has 0 aliphatic carbocycles. The van der Waals surface area contributed by atoms with Crippen molar-refractivity contribution in [2.75, 3.05) is 26.7 Å². The molecule has 0 spiro atoms. The van der Waals surface area contributed by atoms with Gasteiger partial charge < -0.3 is 15.4 Å². The SMILES string of the molecule is CCCCCCO/C(=N/[SH2+])C(N)C1=CCCN(C)C1. The lowest BCUT2D eigenvalue weighted by Crippen LogP contribution is -2.40. The van der Waals surface area contributed by atoms with Crippen LogP contribution in [-0.2, 0) is 17.6 Å². The van der Waals surface area contributed by atoms with Crippen LogP contribution in [0.5, 0.6) is 0 Å². The fourth-order valence-corrected chi connectivity index (χ4v) is 2.41. The zero-order chi connectivity index (χ0) is 14.1. The minimum absolute atomic E-state index is 0.230. The highest BCUT2D eigenvalue weighted by Gasteiger charge is 2.22. The highest BCUT2D eigenvalue weighted by atomic mass is 32.1. The van der Waals surface area contributed by atoms with E-state index in [9.17, 15) is 0 Å². The Bertz CT molecular complexity index is 318. The van der Waals surface area contributed by atoms with Crippen molar-refractivity contribution in [1.82, 2.24) is 4.90 Å². The second kappa shape index (κ2) is 9.39. The number of nitrogens with two attached hydrogens (primary N) is 1. The van der Waals surface area contributed by atoms with Gasteiger partial charge in [0.15, 0.2) is 0 Å². The Hall–Kier alpha value is -0.520. The maximum absolute atomic E-state index is 6.22. The quantitative estimate of drug-likeness (QED) is 0.254. The van der Waals surface area contributed by atoms with Gasteiger partial charge in [0.25, 0.3) is 5.90 Å². The Kier molecular flexibility index (Phi) is 8.18. The van der Waals surface area contributed by atoms with Crippen LogP contribution in [-0.4, -0.2) is 43.6 Å². The highest BCUT2D eigenvalue weighted by Crippen LogP contribution is 2.12. The molecule has 5 heteroatoms. The molecule has 1 aliphatic heterocycles. The maximum Gasteiger partial charge on any atom is 0.258 e. The van der Waals surface area contributed by atoms with Crippen LogP contribution in [0.4, 0.5) is 0 Å². The highest BCUT2D eigenvalue weighted by molar-refractivity contribution is 7.57. The van der Waals surface area contributed by atoms with E-state index < -0.39 is 0 Å². The van der Waals surface area contributed by atoms with Crippen LogP contribution in [0.3, 0.4) is 0 Å². The van der Waals surface area contributed by atoms with E-state index in [1.807, 2.05) is 0 Å². The van der Waals surface area contributed by atoms with Crippen LogP contribution >= 0.6 is 0 Å². The summed E-state index contributed by atoms with van der Waals surface area (Å²) in [7, 11) is 2.11. The molecule has 1 atom stereocenters. The van der Waals surface area contributed by atoms with Crippen molar-refractivity contribution in [3.8, 4) is 0 Å². The monoisotopic (exact) mass is 286 g/mol. The average molecular weight is 286 g/mol. The van der Waals surface area contributed by atoms with Gasteiger partial charge in [-0.15, -0.1) is 0 Å². The van der Waals surface area contributed by atoms with Gasteiger partial charge in [-0.05, 0) is 29.9 Å². The van der Waals surface area contributed by atoms with E-state index >= 15 is 0 Å². The van der Waals surface area contributed by atoms with Gasteiger partial charge in [-0.25, -0.2) is 0 Å². The molecule has 0 saturated carbocycles. The van der Waals surface area contributed by atoms with E-state index in [1.165, 1.54) is 24.8 Å². The summed E-state index contributed by atoms with van der Waals surface area (Å²) >= 11 is 3.17. The zero-order valence-electron chi connectivity index (χ0n) is 12.2. The van der Waals surface area contributed by atoms with Gasteiger partial charge in [0.2, 0.25) is 0 Å². The standard InChI is InChI=1S/C14H27N3OS/c1-3-4-5-6-10-18-14(16-19)13(15)12-8-7-9-17(2)11-12/h8,13,19H,3-7,9-11,15H2,1-2H3/p+1/b16-14+. The van der Waals surface area contributed by atoms with E-state index in [4.69, 9.17) is 10.5 Å². The summed E-state index contributed by atoms with van der Waals surface area (Å²) in [5.74, 6) is 0.592. The number of unbranched alkanes of at least 4 members (excludes halogenated alkanes) is 3. The van der Waals surface area contributed by atoms with E-state index in [0.717, 1.165) is 25.9 Å². The summed E-state index contributed by atoms with van der Waals surface area (Å²) in [4.78, 5) is 2.27. The molecule has 0 saturated heterocycles. The molecule has 1 aliphatic rings. The number of hydrogen-bond donors (Lipinski definition) is 1. The molecule has 0 radical (unpaired) electrons. The second-order valence-electron chi connectivity index (χ2n) is 5.14. The number of nitrogens with zero attached hydrogens (tertiary/aromatic N) is 2. The van der Waals surface area contributed by atoms with E-state index in [-0.39, 0.29) is 6.04 Å². The molecule has 0 aromatic heterocycles. The van der Waals surface area contributed by atoms with Gasteiger partial charge >= 0.3 is 0 Å². The molecule has 0 aromatic rings. The fourth-order valence-electron chi connectivity index (χ4n) is 2.21. The van der Waals surface area contributed by atoms with Gasteiger partial charge in [-0.2, -0.15) is 0 Å². The minimum atomic E-state index is -0.230. The van der Waals surface area contributed by atoms with Gasteiger partial charge in [-0.3, -0.25) is 0 Å². The molecule has 0 amide bonds. The molecule has 1 rings (SSSR count). The predicted molar refractivity (Wildman–Crippen MR) is 85.9 cm³/mol. The lowest BCUT2D eigenvalue weighted by atomic mass is 10.0. The van der Waals surface area contributed by atoms with E-state index in [1.54, 1.807) is 0 Å². The molecular weight excluding hydrogens is 258 g/mol. The number of hydrogen-bond acceptors (Lipinski definition) is 4. The van der Waals surface area contributed by atoms with Gasteiger partial charge in [0, 0.05) is 13.1 Å². The third-order valence-electron chi connectivity index (χ3n) is 3.39. The molecule has 0 fully saturated rings. The molecule has 19 heavy (non-hydrogen) atoms. The van der Waals surface area contributed by atoms with Crippen LogP contribution in [0.25, 0.3) is 0 Å². The first kappa shape index (κ1) is 16.5. The molecule has 1 heterocycles. The fraction of sp³-hybridized carbons (Fsp3) is 0.786. The van der Waals surface area contributed by atoms with Crippen molar-refractivity contribution < 1.29 is 4.74 Å². The summed E-state index contributed by atoms with van der Waals surface area (Å²) < 4.78 is 9.73. The lowest BCUT2D eigenvalue weighted by molar-refractivity contribution is 0.279. The van der Waals surface area contributed by atoms with Crippen LogP contribution in [0.1, 0.15) is 39.0 Å². The van der Waals surface area contributed by atoms with Crippen molar-refractivity contribution in [2.45, 2.75) is 45.1 Å². The summed E-state index contributed by atoms with van der Waals surface area (Å²) in [5, 5.41) is 0. The third kappa shape index (κ3) is 5.97. The van der Waals surface area contributed by atoms with Crippen molar-refractivity contribution in [2.24, 2.45) is 10.1 Å². The topological polar surface area (TPSA) is 50.9 Å². The van der Waals surface area contributed by atoms with Crippen molar-refractivity contribution in [1.29, 1.82) is 0 Å². The Labute approximate surface area is 122 Å². The number of rotatable bonds is 7. The van der Waals surface area contributed by atoms with E-state index in [2.05, 4.69) is 42.2 Å². The van der Waals surface area contributed by atoms with Crippen LogP contribution < -0.4 is 5.73 Å². The molecule has 4 nitrogen and oxygen atoms in total. The zero-order valence-corrected chi connectivity index (χ0v) is 13.2. The maximum atomic E-state index is 6.22. The van der Waals surface area contributed by atoms with Gasteiger partial charge in [-0.1, -0.05) is 32.3 Å². The van der Waals surface area contributed by atoms with Crippen molar-refractivity contribution >= 4 is 18.7 Å². The molecular formula is C14H28N3OS+. The van der Waals surface area contributed by atoms with E-state index in [0.29, 0.717) is 12.5 Å². The predicted octanol–water partition coefficient (Wildman–Crippen LogP) is 1.50. The van der Waals surface area contributed by atoms with Crippen LogP contribution in [0.15, 0.2) is 16.0 Å². The Morgan fingerprint density at radius 2 is 2.32 bits per heavy atom. The Morgan fingerprint density at radius 3 is 2.95 bits per heavy atom. The summed E-state index contributed by atoms with van der Waals surface area (Å²) in [5.41, 5.74) is 7.42. The Balaban J connectivity index is 2.39. The summed E-state index contributed by atoms with van der Waals surface area (Å²) in [6, 6.07) is -0.230. The molecule has 1 unspecified atom stereocenters.